The molecule has 1 unspecified atom stereocenters. The van der Waals surface area contributed by atoms with Crippen molar-refractivity contribution in [3.8, 4) is 0 Å². The van der Waals surface area contributed by atoms with Gasteiger partial charge in [-0.15, -0.1) is 0 Å². The lowest BCUT2D eigenvalue weighted by molar-refractivity contribution is 0.125. The molecular weight excluding hydrogens is 130 g/mol. The summed E-state index contributed by atoms with van der Waals surface area (Å²) in [6.45, 7) is 5.14. The highest BCUT2D eigenvalue weighted by Gasteiger charge is 1.95. The maximum atomic E-state index is 8.00. The zero-order valence-electron chi connectivity index (χ0n) is 6.45. The molecule has 0 aromatic rings. The maximum Gasteiger partial charge on any atom is 0.0579 e. The minimum absolute atomic E-state index is 0.0449. The summed E-state index contributed by atoms with van der Waals surface area (Å²) in [5, 5.41) is 3.45. The summed E-state index contributed by atoms with van der Waals surface area (Å²) < 4.78 is 5.13. The van der Waals surface area contributed by atoms with Crippen LogP contribution in [-0.2, 0) is 4.74 Å². The van der Waals surface area contributed by atoms with Crippen molar-refractivity contribution < 1.29 is 4.74 Å². The molecule has 0 aromatic heterocycles. The molecule has 0 N–H and O–H groups in total. The molecule has 0 aliphatic heterocycles. The van der Waals surface area contributed by atoms with Gasteiger partial charge < -0.3 is 4.74 Å². The lowest BCUT2D eigenvalue weighted by atomic mass is 10.4. The molecule has 0 bridgehead atoms. The van der Waals surface area contributed by atoms with E-state index in [2.05, 4.69) is 10.0 Å². The van der Waals surface area contributed by atoms with Crippen LogP contribution in [0.2, 0.25) is 0 Å². The predicted octanol–water partition coefficient (Wildman–Crippen LogP) is 2.11. The Kier molecular flexibility index (Phi) is 5.92. The smallest absolute Gasteiger partial charge is 0.0579 e. The molecule has 0 aliphatic carbocycles. The van der Waals surface area contributed by atoms with Gasteiger partial charge in [0.2, 0.25) is 0 Å². The Morgan fingerprint density at radius 2 is 2.40 bits per heavy atom. The van der Waals surface area contributed by atoms with Gasteiger partial charge in [0.25, 0.3) is 0 Å². The molecule has 0 saturated carbocycles. The highest BCUT2D eigenvalue weighted by atomic mass is 16.5. The van der Waals surface area contributed by atoms with Gasteiger partial charge in [0, 0.05) is 11.5 Å². The van der Waals surface area contributed by atoms with Crippen LogP contribution in [0.25, 0.3) is 10.4 Å². The highest BCUT2D eigenvalue weighted by molar-refractivity contribution is 4.57. The van der Waals surface area contributed by atoms with E-state index < -0.39 is 0 Å². The van der Waals surface area contributed by atoms with Crippen molar-refractivity contribution in [3.63, 3.8) is 0 Å². The highest BCUT2D eigenvalue weighted by Crippen LogP contribution is 1.91. The SMILES string of the molecule is CCCOCC(C)N=[N+]=[N-]. The van der Waals surface area contributed by atoms with Crippen LogP contribution in [0.1, 0.15) is 20.3 Å². The first-order valence-corrected chi connectivity index (χ1v) is 3.43. The number of ether oxygens (including phenoxy) is 1. The second kappa shape index (κ2) is 6.39. The van der Waals surface area contributed by atoms with Crippen molar-refractivity contribution >= 4 is 0 Å². The second-order valence-corrected chi connectivity index (χ2v) is 2.13. The Labute approximate surface area is 60.8 Å². The minimum atomic E-state index is -0.0449. The van der Waals surface area contributed by atoms with Crippen LogP contribution in [0.4, 0.5) is 0 Å². The van der Waals surface area contributed by atoms with Gasteiger partial charge in [0.05, 0.1) is 12.6 Å². The Balaban J connectivity index is 3.21. The number of rotatable bonds is 5. The Bertz CT molecular complexity index is 120. The topological polar surface area (TPSA) is 58.0 Å². The van der Waals surface area contributed by atoms with Crippen molar-refractivity contribution in [3.05, 3.63) is 10.4 Å². The molecule has 4 heteroatoms. The van der Waals surface area contributed by atoms with Crippen LogP contribution >= 0.6 is 0 Å². The fourth-order valence-electron chi connectivity index (χ4n) is 0.520. The van der Waals surface area contributed by atoms with E-state index in [-0.39, 0.29) is 6.04 Å². The van der Waals surface area contributed by atoms with Crippen LogP contribution < -0.4 is 0 Å². The van der Waals surface area contributed by atoms with E-state index in [0.717, 1.165) is 13.0 Å². The van der Waals surface area contributed by atoms with Gasteiger partial charge in [-0.3, -0.25) is 0 Å². The van der Waals surface area contributed by atoms with Crippen LogP contribution in [0.15, 0.2) is 5.11 Å². The van der Waals surface area contributed by atoms with Crippen molar-refractivity contribution in [2.75, 3.05) is 13.2 Å². The molecular formula is C6H13N3O. The van der Waals surface area contributed by atoms with Crippen molar-refractivity contribution in [2.24, 2.45) is 5.11 Å². The summed E-state index contributed by atoms with van der Waals surface area (Å²) in [5.41, 5.74) is 8.00. The third-order valence-electron chi connectivity index (χ3n) is 0.956. The average Bonchev–Trinajstić information content (AvgIpc) is 1.89. The molecule has 4 nitrogen and oxygen atoms in total. The summed E-state index contributed by atoms with van der Waals surface area (Å²) >= 11 is 0. The van der Waals surface area contributed by atoms with Crippen LogP contribution in [0.3, 0.4) is 0 Å². The monoisotopic (exact) mass is 143 g/mol. The van der Waals surface area contributed by atoms with Gasteiger partial charge in [-0.1, -0.05) is 19.0 Å². The zero-order valence-corrected chi connectivity index (χ0v) is 6.45. The Morgan fingerprint density at radius 3 is 2.90 bits per heavy atom. The van der Waals surface area contributed by atoms with Crippen LogP contribution in [0, 0.1) is 0 Å². The van der Waals surface area contributed by atoms with E-state index in [1.807, 2.05) is 13.8 Å². The molecule has 1 atom stereocenters. The molecule has 10 heavy (non-hydrogen) atoms. The van der Waals surface area contributed by atoms with Crippen molar-refractivity contribution in [1.82, 2.24) is 0 Å². The number of azide groups is 1. The van der Waals surface area contributed by atoms with Gasteiger partial charge in [0.1, 0.15) is 0 Å². The number of hydrogen-bond donors (Lipinski definition) is 0. The largest absolute Gasteiger partial charge is 0.381 e. The van der Waals surface area contributed by atoms with E-state index in [1.54, 1.807) is 0 Å². The fraction of sp³-hybridized carbons (Fsp3) is 1.00. The lowest BCUT2D eigenvalue weighted by Crippen LogP contribution is -2.08. The molecule has 0 heterocycles. The molecule has 0 radical (unpaired) electrons. The van der Waals surface area contributed by atoms with Gasteiger partial charge in [-0.05, 0) is 12.0 Å². The molecule has 0 saturated heterocycles. The summed E-state index contributed by atoms with van der Waals surface area (Å²) in [7, 11) is 0. The maximum absolute atomic E-state index is 8.00. The lowest BCUT2D eigenvalue weighted by Gasteiger charge is -2.03. The van der Waals surface area contributed by atoms with Gasteiger partial charge in [-0.2, -0.15) is 0 Å². The number of nitrogens with zero attached hydrogens (tertiary/aromatic N) is 3. The van der Waals surface area contributed by atoms with Crippen molar-refractivity contribution in [1.29, 1.82) is 0 Å². The van der Waals surface area contributed by atoms with E-state index in [1.165, 1.54) is 0 Å². The summed E-state index contributed by atoms with van der Waals surface area (Å²) in [4.78, 5) is 2.66. The molecule has 0 amide bonds. The first-order chi connectivity index (χ1) is 4.81. The first-order valence-electron chi connectivity index (χ1n) is 3.43. The quantitative estimate of drug-likeness (QED) is 0.251. The van der Waals surface area contributed by atoms with Gasteiger partial charge in [0.15, 0.2) is 0 Å². The third-order valence-corrected chi connectivity index (χ3v) is 0.956. The van der Waals surface area contributed by atoms with E-state index >= 15 is 0 Å². The van der Waals surface area contributed by atoms with Crippen LogP contribution in [0.5, 0.6) is 0 Å². The van der Waals surface area contributed by atoms with Crippen molar-refractivity contribution in [2.45, 2.75) is 26.3 Å². The predicted molar refractivity (Wildman–Crippen MR) is 39.7 cm³/mol. The summed E-state index contributed by atoms with van der Waals surface area (Å²) in [6, 6.07) is -0.0449. The normalized spacial score (nSPS) is 12.2. The number of hydrogen-bond acceptors (Lipinski definition) is 2. The van der Waals surface area contributed by atoms with E-state index in [9.17, 15) is 0 Å². The Hall–Kier alpha value is -0.730. The standard InChI is InChI=1S/C6H13N3O/c1-3-4-10-5-6(2)8-9-7/h6H,3-5H2,1-2H3. The molecule has 0 rings (SSSR count). The summed E-state index contributed by atoms with van der Waals surface area (Å²) in [6.07, 6.45) is 1.00. The Morgan fingerprint density at radius 1 is 1.70 bits per heavy atom. The van der Waals surface area contributed by atoms with E-state index in [4.69, 9.17) is 10.3 Å². The van der Waals surface area contributed by atoms with Gasteiger partial charge in [-0.25, -0.2) is 0 Å². The fourth-order valence-corrected chi connectivity index (χ4v) is 0.520. The third kappa shape index (κ3) is 5.41. The molecule has 0 fully saturated rings. The van der Waals surface area contributed by atoms with E-state index in [0.29, 0.717) is 6.61 Å². The van der Waals surface area contributed by atoms with Gasteiger partial charge >= 0.3 is 0 Å². The minimum Gasteiger partial charge on any atom is -0.381 e. The molecule has 58 valence electrons. The average molecular weight is 143 g/mol. The second-order valence-electron chi connectivity index (χ2n) is 2.13. The first kappa shape index (κ1) is 9.27. The summed E-state index contributed by atoms with van der Waals surface area (Å²) in [5.74, 6) is 0. The molecule has 0 aromatic carbocycles. The molecule has 0 aliphatic rings. The molecule has 0 spiro atoms. The van der Waals surface area contributed by atoms with Crippen LogP contribution in [-0.4, -0.2) is 19.3 Å². The zero-order chi connectivity index (χ0) is 7.82.